The molecule has 1 aromatic rings. The third-order valence-electron chi connectivity index (χ3n) is 1.55. The number of thiazole rings is 1. The maximum Gasteiger partial charge on any atom is 0.263 e. The molecular weight excluding hydrogens is 234 g/mol. The molecule has 0 aliphatic carbocycles. The molecule has 15 heavy (non-hydrogen) atoms. The smallest absolute Gasteiger partial charge is 0.263 e. The quantitative estimate of drug-likeness (QED) is 0.850. The highest BCUT2D eigenvalue weighted by molar-refractivity contribution is 7.13. The fourth-order valence-corrected chi connectivity index (χ4v) is 1.56. The van der Waals surface area contributed by atoms with E-state index in [1.54, 1.807) is 6.20 Å². The predicted octanol–water partition coefficient (Wildman–Crippen LogP) is 1.34. The number of rotatable bonds is 3. The lowest BCUT2D eigenvalue weighted by Gasteiger charge is -2.18. The minimum absolute atomic E-state index is 0. The summed E-state index contributed by atoms with van der Waals surface area (Å²) >= 11 is 1.38. The van der Waals surface area contributed by atoms with Crippen molar-refractivity contribution in [2.75, 3.05) is 6.54 Å². The number of halogens is 1. The van der Waals surface area contributed by atoms with Crippen LogP contribution < -0.4 is 11.1 Å². The number of carbonyl (C=O) groups excluding carboxylic acids is 1. The van der Waals surface area contributed by atoms with Crippen LogP contribution in [0, 0.1) is 6.92 Å². The summed E-state index contributed by atoms with van der Waals surface area (Å²) in [5, 5.41) is 3.65. The van der Waals surface area contributed by atoms with Gasteiger partial charge >= 0.3 is 0 Å². The topological polar surface area (TPSA) is 68.0 Å². The molecule has 0 radical (unpaired) electrons. The summed E-state index contributed by atoms with van der Waals surface area (Å²) < 4.78 is 0. The molecule has 1 amide bonds. The van der Waals surface area contributed by atoms with E-state index < -0.39 is 0 Å². The second-order valence-electron chi connectivity index (χ2n) is 3.91. The number of nitrogens with two attached hydrogens (primary N) is 1. The fourth-order valence-electron chi connectivity index (χ4n) is 0.862. The lowest BCUT2D eigenvalue weighted by Crippen LogP contribution is -2.44. The Morgan fingerprint density at radius 1 is 1.67 bits per heavy atom. The SMILES string of the molecule is Cc1ncc(C(=O)NCC(C)(C)N)s1.Cl. The van der Waals surface area contributed by atoms with Gasteiger partial charge in [0.25, 0.3) is 5.91 Å². The van der Waals surface area contributed by atoms with Gasteiger partial charge in [-0.3, -0.25) is 4.79 Å². The summed E-state index contributed by atoms with van der Waals surface area (Å²) in [4.78, 5) is 16.1. The molecule has 0 spiro atoms. The first-order valence-corrected chi connectivity index (χ1v) is 5.20. The summed E-state index contributed by atoms with van der Waals surface area (Å²) in [6.45, 7) is 6.06. The van der Waals surface area contributed by atoms with Gasteiger partial charge in [-0.25, -0.2) is 4.98 Å². The number of hydrogen-bond acceptors (Lipinski definition) is 4. The second-order valence-corrected chi connectivity index (χ2v) is 5.15. The Bertz CT molecular complexity index is 332. The van der Waals surface area contributed by atoms with E-state index in [1.165, 1.54) is 11.3 Å². The van der Waals surface area contributed by atoms with E-state index in [1.807, 2.05) is 20.8 Å². The van der Waals surface area contributed by atoms with Crippen molar-refractivity contribution in [1.29, 1.82) is 0 Å². The Balaban J connectivity index is 0.00000196. The zero-order chi connectivity index (χ0) is 10.8. The molecule has 0 aliphatic heterocycles. The summed E-state index contributed by atoms with van der Waals surface area (Å²) in [7, 11) is 0. The molecule has 0 saturated carbocycles. The van der Waals surface area contributed by atoms with Crippen LogP contribution in [0.5, 0.6) is 0 Å². The lowest BCUT2D eigenvalue weighted by molar-refractivity contribution is 0.0950. The molecule has 1 rings (SSSR count). The molecule has 86 valence electrons. The number of aromatic nitrogens is 1. The van der Waals surface area contributed by atoms with E-state index in [2.05, 4.69) is 10.3 Å². The lowest BCUT2D eigenvalue weighted by atomic mass is 10.1. The summed E-state index contributed by atoms with van der Waals surface area (Å²) in [6.07, 6.45) is 1.58. The third-order valence-corrected chi connectivity index (χ3v) is 2.46. The molecule has 0 atom stereocenters. The minimum Gasteiger partial charge on any atom is -0.349 e. The highest BCUT2D eigenvalue weighted by atomic mass is 35.5. The predicted molar refractivity (Wildman–Crippen MR) is 64.7 cm³/mol. The van der Waals surface area contributed by atoms with Gasteiger partial charge in [0.15, 0.2) is 0 Å². The van der Waals surface area contributed by atoms with Crippen molar-refractivity contribution >= 4 is 29.7 Å². The normalized spacial score (nSPS) is 10.7. The molecular formula is C9H16ClN3OS. The molecule has 6 heteroatoms. The second kappa shape index (κ2) is 5.44. The first-order chi connectivity index (χ1) is 6.38. The van der Waals surface area contributed by atoms with Crippen LogP contribution in [-0.2, 0) is 0 Å². The van der Waals surface area contributed by atoms with Crippen molar-refractivity contribution < 1.29 is 4.79 Å². The Morgan fingerprint density at radius 2 is 2.27 bits per heavy atom. The van der Waals surface area contributed by atoms with Gasteiger partial charge in [0.2, 0.25) is 0 Å². The third kappa shape index (κ3) is 5.11. The van der Waals surface area contributed by atoms with Crippen LogP contribution in [0.15, 0.2) is 6.20 Å². The molecule has 0 fully saturated rings. The summed E-state index contributed by atoms with van der Waals surface area (Å²) in [5.74, 6) is -0.103. The van der Waals surface area contributed by atoms with Crippen LogP contribution in [0.4, 0.5) is 0 Å². The van der Waals surface area contributed by atoms with Gasteiger partial charge in [0.05, 0.1) is 11.2 Å². The first-order valence-electron chi connectivity index (χ1n) is 4.38. The van der Waals surface area contributed by atoms with Gasteiger partial charge in [-0.2, -0.15) is 0 Å². The van der Waals surface area contributed by atoms with E-state index in [0.29, 0.717) is 11.4 Å². The number of nitrogens with one attached hydrogen (secondary N) is 1. The van der Waals surface area contributed by atoms with E-state index in [4.69, 9.17) is 5.73 Å². The Labute approximate surface area is 99.7 Å². The van der Waals surface area contributed by atoms with Gasteiger partial charge in [-0.15, -0.1) is 23.7 Å². The van der Waals surface area contributed by atoms with E-state index in [0.717, 1.165) is 5.01 Å². The van der Waals surface area contributed by atoms with Gasteiger partial charge < -0.3 is 11.1 Å². The van der Waals surface area contributed by atoms with Crippen LogP contribution in [0.25, 0.3) is 0 Å². The summed E-state index contributed by atoms with van der Waals surface area (Å²) in [5.41, 5.74) is 5.36. The van der Waals surface area contributed by atoms with Gasteiger partial charge in [-0.05, 0) is 20.8 Å². The maximum absolute atomic E-state index is 11.5. The average Bonchev–Trinajstić information content (AvgIpc) is 2.46. The van der Waals surface area contributed by atoms with Crippen molar-refractivity contribution in [3.8, 4) is 0 Å². The number of aryl methyl sites for hydroxylation is 1. The number of nitrogens with zero attached hydrogens (tertiary/aromatic N) is 1. The molecule has 0 bridgehead atoms. The number of carbonyl (C=O) groups is 1. The van der Waals surface area contributed by atoms with Crippen LogP contribution >= 0.6 is 23.7 Å². The largest absolute Gasteiger partial charge is 0.349 e. The molecule has 1 aromatic heterocycles. The van der Waals surface area contributed by atoms with Crippen molar-refractivity contribution in [3.63, 3.8) is 0 Å². The van der Waals surface area contributed by atoms with Crippen molar-refractivity contribution in [2.45, 2.75) is 26.3 Å². The highest BCUT2D eigenvalue weighted by Crippen LogP contribution is 2.11. The molecule has 4 nitrogen and oxygen atoms in total. The van der Waals surface area contributed by atoms with E-state index in [-0.39, 0.29) is 23.9 Å². The van der Waals surface area contributed by atoms with Gasteiger partial charge in [0, 0.05) is 12.1 Å². The molecule has 0 aromatic carbocycles. The monoisotopic (exact) mass is 249 g/mol. The zero-order valence-electron chi connectivity index (χ0n) is 9.03. The zero-order valence-corrected chi connectivity index (χ0v) is 10.7. The average molecular weight is 250 g/mol. The molecule has 1 heterocycles. The van der Waals surface area contributed by atoms with Crippen molar-refractivity contribution in [1.82, 2.24) is 10.3 Å². The summed E-state index contributed by atoms with van der Waals surface area (Å²) in [6, 6.07) is 0. The van der Waals surface area contributed by atoms with Crippen molar-refractivity contribution in [2.24, 2.45) is 5.73 Å². The Hall–Kier alpha value is -0.650. The van der Waals surface area contributed by atoms with E-state index in [9.17, 15) is 4.79 Å². The van der Waals surface area contributed by atoms with Crippen molar-refractivity contribution in [3.05, 3.63) is 16.1 Å². The van der Waals surface area contributed by atoms with Gasteiger partial charge in [-0.1, -0.05) is 0 Å². The minimum atomic E-state index is -0.380. The number of amides is 1. The molecule has 0 saturated heterocycles. The standard InChI is InChI=1S/C9H15N3OS.ClH/c1-6-11-4-7(14-6)8(13)12-5-9(2,3)10;/h4H,5,10H2,1-3H3,(H,12,13);1H. The molecule has 3 N–H and O–H groups in total. The van der Waals surface area contributed by atoms with Crippen LogP contribution in [0.1, 0.15) is 28.5 Å². The van der Waals surface area contributed by atoms with Crippen LogP contribution in [0.2, 0.25) is 0 Å². The van der Waals surface area contributed by atoms with Crippen LogP contribution in [-0.4, -0.2) is 23.0 Å². The Morgan fingerprint density at radius 3 is 2.67 bits per heavy atom. The molecule has 0 unspecified atom stereocenters. The van der Waals surface area contributed by atoms with Gasteiger partial charge in [0.1, 0.15) is 4.88 Å². The number of hydrogen-bond donors (Lipinski definition) is 2. The highest BCUT2D eigenvalue weighted by Gasteiger charge is 2.14. The first kappa shape index (κ1) is 14.3. The molecule has 0 aliphatic rings. The van der Waals surface area contributed by atoms with E-state index >= 15 is 0 Å². The maximum atomic E-state index is 11.5. The Kier molecular flexibility index (Phi) is 5.20. The van der Waals surface area contributed by atoms with Crippen LogP contribution in [0.3, 0.4) is 0 Å². The fraction of sp³-hybridized carbons (Fsp3) is 0.556.